The summed E-state index contributed by atoms with van der Waals surface area (Å²) in [5.74, 6) is 1.50. The van der Waals surface area contributed by atoms with Crippen molar-refractivity contribution in [3.63, 3.8) is 0 Å². The third-order valence-electron chi connectivity index (χ3n) is 3.72. The highest BCUT2D eigenvalue weighted by molar-refractivity contribution is 5.88. The lowest BCUT2D eigenvalue weighted by Gasteiger charge is -2.04. The molecule has 0 saturated heterocycles. The summed E-state index contributed by atoms with van der Waals surface area (Å²) in [6, 6.07) is 10.9. The number of ether oxygens (including phenoxy) is 1. The van der Waals surface area contributed by atoms with Crippen LogP contribution in [0.4, 0.5) is 10.6 Å². The number of hydrogen-bond acceptors (Lipinski definition) is 7. The first-order valence-electron chi connectivity index (χ1n) is 7.99. The number of benzene rings is 1. The molecule has 0 aliphatic rings. The molecule has 0 aliphatic heterocycles. The molecule has 0 radical (unpaired) electrons. The van der Waals surface area contributed by atoms with Crippen LogP contribution in [0.15, 0.2) is 42.6 Å². The number of nitrogens with zero attached hydrogens (tertiary/aromatic N) is 6. The predicted molar refractivity (Wildman–Crippen MR) is 95.0 cm³/mol. The van der Waals surface area contributed by atoms with Crippen molar-refractivity contribution in [2.75, 3.05) is 12.4 Å². The third-order valence-corrected chi connectivity index (χ3v) is 3.72. The number of hydrogen-bond donors (Lipinski definition) is 3. The van der Waals surface area contributed by atoms with E-state index in [0.29, 0.717) is 17.3 Å². The Kier molecular flexibility index (Phi) is 4.31. The highest BCUT2D eigenvalue weighted by atomic mass is 16.5. The lowest BCUT2D eigenvalue weighted by atomic mass is 10.1. The fourth-order valence-electron chi connectivity index (χ4n) is 2.46. The molecule has 0 fully saturated rings. The SMILES string of the molecule is COc1cccc(-c2ccc3nc(NC(=O)NCc4nn[nH]n4)cn3n2)c1. The smallest absolute Gasteiger partial charge is 0.320 e. The molecule has 2 amide bonds. The quantitative estimate of drug-likeness (QED) is 0.484. The molecule has 0 atom stereocenters. The van der Waals surface area contributed by atoms with E-state index < -0.39 is 6.03 Å². The van der Waals surface area contributed by atoms with Crippen LogP contribution in [0, 0.1) is 0 Å². The van der Waals surface area contributed by atoms with Crippen LogP contribution in [0.25, 0.3) is 16.9 Å². The van der Waals surface area contributed by atoms with Crippen molar-refractivity contribution in [3.05, 3.63) is 48.4 Å². The summed E-state index contributed by atoms with van der Waals surface area (Å²) < 4.78 is 6.85. The number of imidazole rings is 1. The second-order valence-corrected chi connectivity index (χ2v) is 5.52. The van der Waals surface area contributed by atoms with E-state index in [1.165, 1.54) is 0 Å². The van der Waals surface area contributed by atoms with E-state index in [9.17, 15) is 4.79 Å². The summed E-state index contributed by atoms with van der Waals surface area (Å²) in [5, 5.41) is 23.0. The highest BCUT2D eigenvalue weighted by Crippen LogP contribution is 2.22. The average Bonchev–Trinajstić information content (AvgIpc) is 3.35. The lowest BCUT2D eigenvalue weighted by Crippen LogP contribution is -2.28. The van der Waals surface area contributed by atoms with Crippen LogP contribution in [0.1, 0.15) is 5.82 Å². The molecule has 11 nitrogen and oxygen atoms in total. The summed E-state index contributed by atoms with van der Waals surface area (Å²) in [6.45, 7) is 0.147. The zero-order chi connectivity index (χ0) is 18.6. The Bertz CT molecular complexity index is 1070. The van der Waals surface area contributed by atoms with Crippen molar-refractivity contribution < 1.29 is 9.53 Å². The number of tetrazole rings is 1. The Morgan fingerprint density at radius 1 is 1.30 bits per heavy atom. The molecule has 4 aromatic rings. The van der Waals surface area contributed by atoms with Crippen molar-refractivity contribution in [1.29, 1.82) is 0 Å². The molecule has 3 N–H and O–H groups in total. The number of urea groups is 1. The zero-order valence-electron chi connectivity index (χ0n) is 14.2. The third kappa shape index (κ3) is 3.66. The van der Waals surface area contributed by atoms with Crippen LogP contribution in [-0.2, 0) is 6.54 Å². The maximum atomic E-state index is 12.0. The van der Waals surface area contributed by atoms with Gasteiger partial charge in [-0.25, -0.2) is 14.3 Å². The fourth-order valence-corrected chi connectivity index (χ4v) is 2.46. The van der Waals surface area contributed by atoms with Crippen LogP contribution < -0.4 is 15.4 Å². The topological polar surface area (TPSA) is 135 Å². The number of amides is 2. The largest absolute Gasteiger partial charge is 0.497 e. The first-order valence-corrected chi connectivity index (χ1v) is 7.99. The monoisotopic (exact) mass is 365 g/mol. The molecule has 1 aromatic carbocycles. The van der Waals surface area contributed by atoms with Gasteiger partial charge >= 0.3 is 6.03 Å². The minimum Gasteiger partial charge on any atom is -0.497 e. The standard InChI is InChI=1S/C16H15N9O2/c1-27-11-4-2-3-10(7-11)12-5-6-15-18-14(9-25(15)22-12)19-16(26)17-8-13-20-23-24-21-13/h2-7,9H,8H2,1H3,(H2,17,19,26)(H,20,21,23,24). The molecule has 136 valence electrons. The minimum absolute atomic E-state index is 0.147. The number of aromatic nitrogens is 7. The molecule has 3 heterocycles. The van der Waals surface area contributed by atoms with Gasteiger partial charge in [0.25, 0.3) is 0 Å². The van der Waals surface area contributed by atoms with Crippen LogP contribution in [0.3, 0.4) is 0 Å². The number of anilines is 1. The van der Waals surface area contributed by atoms with Gasteiger partial charge in [-0.15, -0.1) is 10.2 Å². The lowest BCUT2D eigenvalue weighted by molar-refractivity contribution is 0.251. The first-order chi connectivity index (χ1) is 13.2. The number of aromatic amines is 1. The molecule has 0 aliphatic carbocycles. The molecule has 0 spiro atoms. The van der Waals surface area contributed by atoms with E-state index >= 15 is 0 Å². The number of rotatable bonds is 5. The summed E-state index contributed by atoms with van der Waals surface area (Å²) in [6.07, 6.45) is 1.63. The molecular formula is C16H15N9O2. The van der Waals surface area contributed by atoms with Crippen LogP contribution in [-0.4, -0.2) is 48.4 Å². The number of H-pyrrole nitrogens is 1. The summed E-state index contributed by atoms with van der Waals surface area (Å²) in [7, 11) is 1.62. The van der Waals surface area contributed by atoms with E-state index in [1.807, 2.05) is 36.4 Å². The number of methoxy groups -OCH3 is 1. The molecule has 27 heavy (non-hydrogen) atoms. The van der Waals surface area contributed by atoms with Gasteiger partial charge in [-0.1, -0.05) is 17.3 Å². The number of fused-ring (bicyclic) bond motifs is 1. The van der Waals surface area contributed by atoms with Crippen LogP contribution >= 0.6 is 0 Å². The Morgan fingerprint density at radius 3 is 3.04 bits per heavy atom. The Balaban J connectivity index is 1.49. The van der Waals surface area contributed by atoms with Crippen molar-refractivity contribution in [3.8, 4) is 17.0 Å². The van der Waals surface area contributed by atoms with Gasteiger partial charge < -0.3 is 10.1 Å². The molecule has 4 rings (SSSR count). The van der Waals surface area contributed by atoms with Gasteiger partial charge in [-0.05, 0) is 24.3 Å². The van der Waals surface area contributed by atoms with Gasteiger partial charge in [0, 0.05) is 5.56 Å². The van der Waals surface area contributed by atoms with Gasteiger partial charge in [0.05, 0.1) is 25.5 Å². The van der Waals surface area contributed by atoms with Crippen molar-refractivity contribution in [2.24, 2.45) is 0 Å². The van der Waals surface area contributed by atoms with E-state index in [0.717, 1.165) is 17.0 Å². The normalized spacial score (nSPS) is 10.7. The molecular weight excluding hydrogens is 350 g/mol. The Labute approximate surface area is 152 Å². The average molecular weight is 365 g/mol. The van der Waals surface area contributed by atoms with Gasteiger partial charge in [0.1, 0.15) is 5.75 Å². The van der Waals surface area contributed by atoms with E-state index in [1.54, 1.807) is 17.8 Å². The Morgan fingerprint density at radius 2 is 2.22 bits per heavy atom. The summed E-state index contributed by atoms with van der Waals surface area (Å²) in [4.78, 5) is 16.3. The fraction of sp³-hybridized carbons (Fsp3) is 0.125. The van der Waals surface area contributed by atoms with E-state index in [2.05, 4.69) is 41.3 Å². The Hall–Kier alpha value is -4.02. The zero-order valence-corrected chi connectivity index (χ0v) is 14.2. The maximum Gasteiger partial charge on any atom is 0.320 e. The maximum absolute atomic E-state index is 12.0. The molecule has 0 saturated carbocycles. The molecule has 3 aromatic heterocycles. The molecule has 0 bridgehead atoms. The number of nitrogens with one attached hydrogen (secondary N) is 3. The second kappa shape index (κ2) is 7.07. The number of carbonyl (C=O) groups is 1. The van der Waals surface area contributed by atoms with Crippen molar-refractivity contribution >= 4 is 17.5 Å². The van der Waals surface area contributed by atoms with Gasteiger partial charge in [0.15, 0.2) is 17.3 Å². The second-order valence-electron chi connectivity index (χ2n) is 5.52. The minimum atomic E-state index is -0.434. The number of carbonyl (C=O) groups excluding carboxylic acids is 1. The van der Waals surface area contributed by atoms with Crippen LogP contribution in [0.2, 0.25) is 0 Å². The summed E-state index contributed by atoms with van der Waals surface area (Å²) in [5.41, 5.74) is 2.28. The van der Waals surface area contributed by atoms with Gasteiger partial charge in [-0.3, -0.25) is 5.32 Å². The van der Waals surface area contributed by atoms with E-state index in [-0.39, 0.29) is 6.54 Å². The molecule has 0 unspecified atom stereocenters. The first kappa shape index (κ1) is 16.4. The van der Waals surface area contributed by atoms with Gasteiger partial charge in [-0.2, -0.15) is 10.3 Å². The van der Waals surface area contributed by atoms with Gasteiger partial charge in [0.2, 0.25) is 0 Å². The van der Waals surface area contributed by atoms with E-state index in [4.69, 9.17) is 4.74 Å². The summed E-state index contributed by atoms with van der Waals surface area (Å²) >= 11 is 0. The van der Waals surface area contributed by atoms with Crippen molar-refractivity contribution in [2.45, 2.75) is 6.54 Å². The van der Waals surface area contributed by atoms with Crippen LogP contribution in [0.5, 0.6) is 5.75 Å². The predicted octanol–water partition coefficient (Wildman–Crippen LogP) is 1.24. The highest BCUT2D eigenvalue weighted by Gasteiger charge is 2.09. The van der Waals surface area contributed by atoms with Crippen molar-refractivity contribution in [1.82, 2.24) is 40.5 Å². The molecule has 11 heteroatoms.